The van der Waals surface area contributed by atoms with Crippen molar-refractivity contribution in [3.63, 3.8) is 0 Å². The summed E-state index contributed by atoms with van der Waals surface area (Å²) in [5, 5.41) is 7.29. The van der Waals surface area contributed by atoms with E-state index in [1.807, 2.05) is 37.3 Å². The normalized spacial score (nSPS) is 13.0. The summed E-state index contributed by atoms with van der Waals surface area (Å²) in [4.78, 5) is 24.9. The number of para-hydroxylation sites is 1. The number of rotatable bonds is 8. The van der Waals surface area contributed by atoms with Crippen molar-refractivity contribution in [2.45, 2.75) is 25.7 Å². The van der Waals surface area contributed by atoms with E-state index in [0.29, 0.717) is 23.9 Å². The molecule has 0 spiro atoms. The van der Waals surface area contributed by atoms with Crippen LogP contribution in [0.1, 0.15) is 41.9 Å². The fourth-order valence-electron chi connectivity index (χ4n) is 3.09. The first-order valence-electron chi connectivity index (χ1n) is 9.99. The van der Waals surface area contributed by atoms with Crippen LogP contribution in [-0.4, -0.2) is 34.9 Å². The summed E-state index contributed by atoms with van der Waals surface area (Å²) in [5.41, 5.74) is 2.57. The van der Waals surface area contributed by atoms with Gasteiger partial charge in [0.15, 0.2) is 12.3 Å². The third kappa shape index (κ3) is 4.68. The van der Waals surface area contributed by atoms with Crippen molar-refractivity contribution >= 4 is 17.6 Å². The first-order valence-corrected chi connectivity index (χ1v) is 9.99. The van der Waals surface area contributed by atoms with Crippen LogP contribution in [0.3, 0.4) is 0 Å². The molecule has 0 atom stereocenters. The van der Waals surface area contributed by atoms with E-state index in [0.717, 1.165) is 30.0 Å². The van der Waals surface area contributed by atoms with Gasteiger partial charge in [0.25, 0.3) is 5.91 Å². The molecule has 1 amide bonds. The molecule has 154 valence electrons. The highest BCUT2D eigenvalue weighted by Gasteiger charge is 2.29. The lowest BCUT2D eigenvalue weighted by Gasteiger charge is -2.09. The molecule has 2 aromatic carbocycles. The Hall–Kier alpha value is -3.61. The number of nitrogens with one attached hydrogen (secondary N) is 1. The van der Waals surface area contributed by atoms with E-state index in [2.05, 4.69) is 10.4 Å². The Morgan fingerprint density at radius 3 is 2.50 bits per heavy atom. The quantitative estimate of drug-likeness (QED) is 0.574. The van der Waals surface area contributed by atoms with E-state index in [1.165, 1.54) is 0 Å². The molecular formula is C23H23N3O4. The van der Waals surface area contributed by atoms with Gasteiger partial charge in [-0.2, -0.15) is 5.10 Å². The SMILES string of the molecule is CCOc1ccc(NC(=O)COC(=O)c2cc(C3CC3)nn2-c2ccccc2)cc1. The van der Waals surface area contributed by atoms with E-state index in [9.17, 15) is 9.59 Å². The van der Waals surface area contributed by atoms with Gasteiger partial charge in [0.05, 0.1) is 18.0 Å². The van der Waals surface area contributed by atoms with Gasteiger partial charge < -0.3 is 14.8 Å². The summed E-state index contributed by atoms with van der Waals surface area (Å²) >= 11 is 0. The fraction of sp³-hybridized carbons (Fsp3) is 0.261. The Kier molecular flexibility index (Phi) is 5.79. The van der Waals surface area contributed by atoms with Gasteiger partial charge in [-0.25, -0.2) is 9.48 Å². The van der Waals surface area contributed by atoms with Crippen molar-refractivity contribution < 1.29 is 19.1 Å². The highest BCUT2D eigenvalue weighted by atomic mass is 16.5. The zero-order valence-electron chi connectivity index (χ0n) is 16.7. The molecule has 0 saturated heterocycles. The Morgan fingerprint density at radius 2 is 1.83 bits per heavy atom. The summed E-state index contributed by atoms with van der Waals surface area (Å²) in [6.45, 7) is 2.09. The van der Waals surface area contributed by atoms with Crippen molar-refractivity contribution in [1.29, 1.82) is 0 Å². The summed E-state index contributed by atoms with van der Waals surface area (Å²) in [5.74, 6) is 0.118. The van der Waals surface area contributed by atoms with Gasteiger partial charge in [0.2, 0.25) is 0 Å². The molecule has 1 N–H and O–H groups in total. The fourth-order valence-corrected chi connectivity index (χ4v) is 3.09. The van der Waals surface area contributed by atoms with Crippen LogP contribution in [0.25, 0.3) is 5.69 Å². The molecule has 30 heavy (non-hydrogen) atoms. The monoisotopic (exact) mass is 405 g/mol. The van der Waals surface area contributed by atoms with E-state index in [4.69, 9.17) is 9.47 Å². The minimum Gasteiger partial charge on any atom is -0.494 e. The van der Waals surface area contributed by atoms with Crippen LogP contribution >= 0.6 is 0 Å². The lowest BCUT2D eigenvalue weighted by atomic mass is 10.2. The van der Waals surface area contributed by atoms with E-state index < -0.39 is 11.9 Å². The van der Waals surface area contributed by atoms with Crippen molar-refractivity contribution in [2.24, 2.45) is 0 Å². The van der Waals surface area contributed by atoms with Gasteiger partial charge in [-0.3, -0.25) is 4.79 Å². The van der Waals surface area contributed by atoms with Crippen LogP contribution < -0.4 is 10.1 Å². The smallest absolute Gasteiger partial charge is 0.357 e. The predicted molar refractivity (Wildman–Crippen MR) is 112 cm³/mol. The van der Waals surface area contributed by atoms with Gasteiger partial charge in [-0.15, -0.1) is 0 Å². The number of carbonyl (C=O) groups is 2. The van der Waals surface area contributed by atoms with Crippen molar-refractivity contribution in [3.8, 4) is 11.4 Å². The lowest BCUT2D eigenvalue weighted by molar-refractivity contribution is -0.119. The van der Waals surface area contributed by atoms with Gasteiger partial charge >= 0.3 is 5.97 Å². The first kappa shape index (κ1) is 19.7. The highest BCUT2D eigenvalue weighted by molar-refractivity contribution is 5.95. The molecule has 4 rings (SSSR count). The topological polar surface area (TPSA) is 82.4 Å². The van der Waals surface area contributed by atoms with Gasteiger partial charge in [-0.05, 0) is 62.2 Å². The molecule has 7 heteroatoms. The standard InChI is InChI=1S/C23H23N3O4/c1-2-29-19-12-10-17(11-13-19)24-22(27)15-30-23(28)21-14-20(16-8-9-16)25-26(21)18-6-4-3-5-7-18/h3-7,10-14,16H,2,8-9,15H2,1H3,(H,24,27). The van der Waals surface area contributed by atoms with Crippen LogP contribution in [0, 0.1) is 0 Å². The third-order valence-electron chi connectivity index (χ3n) is 4.72. The minimum atomic E-state index is -0.583. The second kappa shape index (κ2) is 8.82. The minimum absolute atomic E-state index is 0.317. The third-order valence-corrected chi connectivity index (χ3v) is 4.72. The average Bonchev–Trinajstić information content (AvgIpc) is 3.52. The van der Waals surface area contributed by atoms with Crippen molar-refractivity contribution in [2.75, 3.05) is 18.5 Å². The average molecular weight is 405 g/mol. The van der Waals surface area contributed by atoms with Gasteiger partial charge in [-0.1, -0.05) is 18.2 Å². The number of hydrogen-bond acceptors (Lipinski definition) is 5. The molecule has 0 aliphatic heterocycles. The Morgan fingerprint density at radius 1 is 1.10 bits per heavy atom. The second-order valence-corrected chi connectivity index (χ2v) is 7.06. The molecule has 1 heterocycles. The van der Waals surface area contributed by atoms with E-state index >= 15 is 0 Å². The zero-order chi connectivity index (χ0) is 20.9. The van der Waals surface area contributed by atoms with Crippen LogP contribution in [0.4, 0.5) is 5.69 Å². The Bertz CT molecular complexity index is 1020. The maximum Gasteiger partial charge on any atom is 0.357 e. The van der Waals surface area contributed by atoms with Crippen LogP contribution in [-0.2, 0) is 9.53 Å². The number of hydrogen-bond donors (Lipinski definition) is 1. The molecule has 3 aromatic rings. The molecule has 0 unspecified atom stereocenters. The lowest BCUT2D eigenvalue weighted by Crippen LogP contribution is -2.22. The molecule has 7 nitrogen and oxygen atoms in total. The van der Waals surface area contributed by atoms with Crippen molar-refractivity contribution in [3.05, 3.63) is 72.1 Å². The Balaban J connectivity index is 1.40. The van der Waals surface area contributed by atoms with E-state index in [1.54, 1.807) is 35.0 Å². The number of benzene rings is 2. The highest BCUT2D eigenvalue weighted by Crippen LogP contribution is 2.39. The van der Waals surface area contributed by atoms with Crippen LogP contribution in [0.5, 0.6) is 5.75 Å². The van der Waals surface area contributed by atoms with Crippen LogP contribution in [0.15, 0.2) is 60.7 Å². The molecule has 1 aliphatic carbocycles. The largest absolute Gasteiger partial charge is 0.494 e. The predicted octanol–water partition coefficient (Wildman–Crippen LogP) is 3.94. The summed E-state index contributed by atoms with van der Waals surface area (Å²) < 4.78 is 12.2. The first-order chi connectivity index (χ1) is 14.6. The number of nitrogens with zero attached hydrogens (tertiary/aromatic N) is 2. The molecule has 1 fully saturated rings. The Labute approximate surface area is 174 Å². The van der Waals surface area contributed by atoms with Gasteiger partial charge in [0.1, 0.15) is 5.75 Å². The second-order valence-electron chi connectivity index (χ2n) is 7.06. The number of anilines is 1. The number of ether oxygens (including phenoxy) is 2. The number of amides is 1. The molecule has 1 aliphatic rings. The molecular weight excluding hydrogens is 382 g/mol. The summed E-state index contributed by atoms with van der Waals surface area (Å²) in [7, 11) is 0. The van der Waals surface area contributed by atoms with Crippen LogP contribution in [0.2, 0.25) is 0 Å². The zero-order valence-corrected chi connectivity index (χ0v) is 16.7. The van der Waals surface area contributed by atoms with E-state index in [-0.39, 0.29) is 6.61 Å². The number of aromatic nitrogens is 2. The van der Waals surface area contributed by atoms with Crippen molar-refractivity contribution in [1.82, 2.24) is 9.78 Å². The molecule has 0 bridgehead atoms. The molecule has 0 radical (unpaired) electrons. The maximum absolute atomic E-state index is 12.7. The summed E-state index contributed by atoms with van der Waals surface area (Å²) in [6, 6.07) is 18.2. The maximum atomic E-state index is 12.7. The number of carbonyl (C=O) groups excluding carboxylic acids is 2. The molecule has 1 saturated carbocycles. The molecule has 1 aromatic heterocycles. The van der Waals surface area contributed by atoms with Gasteiger partial charge in [0, 0.05) is 11.6 Å². The summed E-state index contributed by atoms with van der Waals surface area (Å²) in [6.07, 6.45) is 2.15. The number of esters is 1.